The number of nitrogens with zero attached hydrogens (tertiary/aromatic N) is 3. The van der Waals surface area contributed by atoms with E-state index < -0.39 is 5.97 Å². The van der Waals surface area contributed by atoms with Crippen LogP contribution in [0.3, 0.4) is 0 Å². The Morgan fingerprint density at radius 2 is 1.94 bits per heavy atom. The molecule has 8 heteroatoms. The summed E-state index contributed by atoms with van der Waals surface area (Å²) in [6, 6.07) is 14.7. The number of guanidine groups is 1. The second-order valence-corrected chi connectivity index (χ2v) is 8.20. The average Bonchev–Trinajstić information content (AvgIpc) is 3.31. The molecular weight excluding hydrogens is 416 g/mol. The molecule has 31 heavy (non-hydrogen) atoms. The molecule has 0 aromatic heterocycles. The quantitative estimate of drug-likeness (QED) is 0.541. The Balaban J connectivity index is 1.46. The predicted octanol–water partition coefficient (Wildman–Crippen LogP) is 3.81. The van der Waals surface area contributed by atoms with Crippen molar-refractivity contribution < 1.29 is 14.6 Å². The molecule has 2 fully saturated rings. The van der Waals surface area contributed by atoms with Crippen LogP contribution in [-0.2, 0) is 4.74 Å². The smallest absolute Gasteiger partial charge is 0.335 e. The van der Waals surface area contributed by atoms with Crippen molar-refractivity contribution >= 4 is 34.9 Å². The van der Waals surface area contributed by atoms with Crippen LogP contribution in [0, 0.1) is 0 Å². The van der Waals surface area contributed by atoms with Gasteiger partial charge < -0.3 is 25.0 Å². The molecule has 2 N–H and O–H groups in total. The van der Waals surface area contributed by atoms with Gasteiger partial charge in [0.25, 0.3) is 0 Å². The first kappa shape index (κ1) is 21.5. The van der Waals surface area contributed by atoms with E-state index in [1.165, 1.54) is 0 Å². The van der Waals surface area contributed by atoms with Gasteiger partial charge >= 0.3 is 5.97 Å². The fraction of sp³-hybridized carbons (Fsp3) is 0.391. The molecule has 0 saturated carbocycles. The first-order chi connectivity index (χ1) is 15.1. The van der Waals surface area contributed by atoms with Crippen LogP contribution in [-0.4, -0.2) is 67.4 Å². The minimum Gasteiger partial charge on any atom is -0.478 e. The number of aromatic carboxylic acids is 1. The van der Waals surface area contributed by atoms with Crippen LogP contribution in [0.4, 0.5) is 11.4 Å². The number of carboxylic acids is 1. The van der Waals surface area contributed by atoms with Crippen LogP contribution >= 0.6 is 11.6 Å². The summed E-state index contributed by atoms with van der Waals surface area (Å²) in [5.41, 5.74) is 2.12. The third-order valence-electron chi connectivity index (χ3n) is 5.61. The average molecular weight is 443 g/mol. The Morgan fingerprint density at radius 3 is 2.61 bits per heavy atom. The second-order valence-electron chi connectivity index (χ2n) is 7.76. The maximum Gasteiger partial charge on any atom is 0.335 e. The standard InChI is InChI=1S/C23H27ClN4O3/c24-18-6-8-20(9-7-18)27-10-12-28(13-11-27)23(25-16-21-5-2-14-31-21)26-19-4-1-3-17(15-19)22(29)30/h1,3-4,6-9,15,21H,2,5,10-14,16H2,(H,25,26)(H,29,30)/t21-/m1/s1. The molecule has 4 rings (SSSR count). The highest BCUT2D eigenvalue weighted by atomic mass is 35.5. The van der Waals surface area contributed by atoms with E-state index in [1.54, 1.807) is 18.2 Å². The van der Waals surface area contributed by atoms with Gasteiger partial charge in [0.15, 0.2) is 5.96 Å². The Labute approximate surface area is 187 Å². The first-order valence-corrected chi connectivity index (χ1v) is 11.0. The summed E-state index contributed by atoms with van der Waals surface area (Å²) < 4.78 is 5.73. The number of hydrogen-bond donors (Lipinski definition) is 2. The van der Waals surface area contributed by atoms with Gasteiger partial charge in [-0.25, -0.2) is 4.79 Å². The fourth-order valence-corrected chi connectivity index (χ4v) is 4.01. The van der Waals surface area contributed by atoms with E-state index in [4.69, 9.17) is 21.3 Å². The number of carbonyl (C=O) groups is 1. The van der Waals surface area contributed by atoms with Gasteiger partial charge in [-0.15, -0.1) is 0 Å². The Bertz CT molecular complexity index is 921. The van der Waals surface area contributed by atoms with Crippen LogP contribution < -0.4 is 10.2 Å². The Morgan fingerprint density at radius 1 is 1.16 bits per heavy atom. The number of aliphatic imine (C=N–C) groups is 1. The van der Waals surface area contributed by atoms with E-state index in [0.29, 0.717) is 12.2 Å². The topological polar surface area (TPSA) is 77.4 Å². The van der Waals surface area contributed by atoms with Crippen LogP contribution in [0.15, 0.2) is 53.5 Å². The van der Waals surface area contributed by atoms with Gasteiger partial charge in [-0.2, -0.15) is 0 Å². The number of halogens is 1. The van der Waals surface area contributed by atoms with E-state index in [2.05, 4.69) is 15.1 Å². The molecule has 2 saturated heterocycles. The lowest BCUT2D eigenvalue weighted by atomic mass is 10.2. The van der Waals surface area contributed by atoms with Crippen LogP contribution in [0.1, 0.15) is 23.2 Å². The summed E-state index contributed by atoms with van der Waals surface area (Å²) >= 11 is 6.01. The number of anilines is 2. The van der Waals surface area contributed by atoms with E-state index in [9.17, 15) is 9.90 Å². The zero-order valence-electron chi connectivity index (χ0n) is 17.3. The molecule has 7 nitrogen and oxygen atoms in total. The van der Waals surface area contributed by atoms with Crippen molar-refractivity contribution in [1.82, 2.24) is 4.90 Å². The Hall–Kier alpha value is -2.77. The summed E-state index contributed by atoms with van der Waals surface area (Å²) in [7, 11) is 0. The zero-order chi connectivity index (χ0) is 21.6. The minimum atomic E-state index is -0.946. The molecule has 164 valence electrons. The van der Waals surface area contributed by atoms with E-state index in [-0.39, 0.29) is 11.7 Å². The highest BCUT2D eigenvalue weighted by molar-refractivity contribution is 6.30. The molecule has 2 heterocycles. The molecule has 1 atom stereocenters. The van der Waals surface area contributed by atoms with Crippen LogP contribution in [0.25, 0.3) is 0 Å². The molecule has 0 amide bonds. The van der Waals surface area contributed by atoms with Gasteiger partial charge in [-0.3, -0.25) is 4.99 Å². The maximum absolute atomic E-state index is 11.3. The molecule has 2 aliphatic heterocycles. The van der Waals surface area contributed by atoms with Crippen LogP contribution in [0.5, 0.6) is 0 Å². The van der Waals surface area contributed by atoms with Gasteiger partial charge in [0, 0.05) is 49.2 Å². The maximum atomic E-state index is 11.3. The van der Waals surface area contributed by atoms with Crippen molar-refractivity contribution in [3.05, 3.63) is 59.1 Å². The van der Waals surface area contributed by atoms with Crippen molar-refractivity contribution in [2.75, 3.05) is 49.5 Å². The van der Waals surface area contributed by atoms with Crippen LogP contribution in [0.2, 0.25) is 5.02 Å². The number of nitrogens with one attached hydrogen (secondary N) is 1. The highest BCUT2D eigenvalue weighted by Crippen LogP contribution is 2.20. The van der Waals surface area contributed by atoms with Crippen molar-refractivity contribution in [3.63, 3.8) is 0 Å². The van der Waals surface area contributed by atoms with Gasteiger partial charge in [0.05, 0.1) is 18.2 Å². The van der Waals surface area contributed by atoms with E-state index >= 15 is 0 Å². The van der Waals surface area contributed by atoms with Crippen molar-refractivity contribution in [2.45, 2.75) is 18.9 Å². The van der Waals surface area contributed by atoms with E-state index in [1.807, 2.05) is 30.3 Å². The molecule has 0 aliphatic carbocycles. The van der Waals surface area contributed by atoms with Gasteiger partial charge in [-0.05, 0) is 55.3 Å². The van der Waals surface area contributed by atoms with Gasteiger partial charge in [-0.1, -0.05) is 17.7 Å². The third kappa shape index (κ3) is 5.68. The van der Waals surface area contributed by atoms with Gasteiger partial charge in [0.2, 0.25) is 0 Å². The molecule has 2 aromatic carbocycles. The van der Waals surface area contributed by atoms with Crippen molar-refractivity contribution in [1.29, 1.82) is 0 Å². The minimum absolute atomic E-state index is 0.150. The summed E-state index contributed by atoms with van der Waals surface area (Å²) in [5, 5.41) is 13.4. The monoisotopic (exact) mass is 442 g/mol. The molecule has 0 unspecified atom stereocenters. The second kappa shape index (κ2) is 10.0. The Kier molecular flexibility index (Phi) is 6.94. The van der Waals surface area contributed by atoms with Gasteiger partial charge in [0.1, 0.15) is 0 Å². The summed E-state index contributed by atoms with van der Waals surface area (Å²) in [4.78, 5) is 20.7. The molecule has 2 aromatic rings. The summed E-state index contributed by atoms with van der Waals surface area (Å²) in [6.07, 6.45) is 2.25. The summed E-state index contributed by atoms with van der Waals surface area (Å²) in [6.45, 7) is 4.72. The highest BCUT2D eigenvalue weighted by Gasteiger charge is 2.22. The largest absolute Gasteiger partial charge is 0.478 e. The predicted molar refractivity (Wildman–Crippen MR) is 124 cm³/mol. The summed E-state index contributed by atoms with van der Waals surface area (Å²) in [5.74, 6) is -0.188. The zero-order valence-corrected chi connectivity index (χ0v) is 18.1. The lowest BCUT2D eigenvalue weighted by molar-refractivity contribution is 0.0697. The van der Waals surface area contributed by atoms with Crippen molar-refractivity contribution in [2.24, 2.45) is 4.99 Å². The SMILES string of the molecule is O=C(O)c1cccc(NC(=NC[C@H]2CCCO2)N2CCN(c3ccc(Cl)cc3)CC2)c1. The molecule has 0 bridgehead atoms. The molecule has 0 spiro atoms. The first-order valence-electron chi connectivity index (χ1n) is 10.6. The van der Waals surface area contributed by atoms with Crippen molar-refractivity contribution in [3.8, 4) is 0 Å². The number of carboxylic acid groups (broad SMARTS) is 1. The fourth-order valence-electron chi connectivity index (χ4n) is 3.88. The number of benzene rings is 2. The lowest BCUT2D eigenvalue weighted by Crippen LogP contribution is -2.51. The number of hydrogen-bond acceptors (Lipinski definition) is 4. The molecule has 2 aliphatic rings. The number of piperazine rings is 1. The number of rotatable bonds is 5. The molecular formula is C23H27ClN4O3. The van der Waals surface area contributed by atoms with E-state index in [0.717, 1.165) is 62.3 Å². The lowest BCUT2D eigenvalue weighted by Gasteiger charge is -2.38. The molecule has 0 radical (unpaired) electrons. The normalized spacial score (nSPS) is 19.5. The number of ether oxygens (including phenoxy) is 1. The third-order valence-corrected chi connectivity index (χ3v) is 5.86.